The van der Waals surface area contributed by atoms with Gasteiger partial charge in [0.1, 0.15) is 0 Å². The molecule has 0 aromatic heterocycles. The van der Waals surface area contributed by atoms with Crippen molar-refractivity contribution in [1.82, 2.24) is 0 Å². The summed E-state index contributed by atoms with van der Waals surface area (Å²) < 4.78 is 96.0. The summed E-state index contributed by atoms with van der Waals surface area (Å²) in [6.07, 6.45) is 17.1. The number of benzene rings is 2. The van der Waals surface area contributed by atoms with Gasteiger partial charge in [0.15, 0.2) is 34.9 Å². The quantitative estimate of drug-likeness (QED) is 0.178. The van der Waals surface area contributed by atoms with E-state index in [9.17, 15) is 17.6 Å². The molecule has 4 fully saturated rings. The van der Waals surface area contributed by atoms with Crippen LogP contribution < -0.4 is 0 Å². The van der Waals surface area contributed by atoms with Gasteiger partial charge in [-0.3, -0.25) is 0 Å². The molecular formula is C42H56F6O. The largest absolute Gasteiger partial charge is 0.365 e. The molecule has 6 rings (SSSR count). The smallest absolute Gasteiger partial charge is 0.194 e. The maximum absolute atomic E-state index is 15.6. The van der Waals surface area contributed by atoms with Crippen molar-refractivity contribution < 1.29 is 31.1 Å². The molecule has 2 aromatic carbocycles. The van der Waals surface area contributed by atoms with Crippen molar-refractivity contribution in [1.29, 1.82) is 0 Å². The molecule has 0 spiro atoms. The second-order valence-electron chi connectivity index (χ2n) is 16.2. The Morgan fingerprint density at radius 2 is 0.755 bits per heavy atom. The van der Waals surface area contributed by atoms with Crippen molar-refractivity contribution >= 4 is 0 Å². The van der Waals surface area contributed by atoms with E-state index in [-0.39, 0.29) is 23.0 Å². The zero-order valence-electron chi connectivity index (χ0n) is 29.5. The predicted molar refractivity (Wildman–Crippen MR) is 182 cm³/mol. The highest BCUT2D eigenvalue weighted by molar-refractivity contribution is 5.26. The zero-order chi connectivity index (χ0) is 34.7. The lowest BCUT2D eigenvalue weighted by atomic mass is 9.67. The second-order valence-corrected chi connectivity index (χ2v) is 16.2. The molecular weight excluding hydrogens is 634 g/mol. The van der Waals surface area contributed by atoms with Crippen molar-refractivity contribution in [2.45, 2.75) is 142 Å². The van der Waals surface area contributed by atoms with Crippen molar-refractivity contribution in [2.24, 2.45) is 47.3 Å². The van der Waals surface area contributed by atoms with Gasteiger partial charge in [0.2, 0.25) is 0 Å². The minimum atomic E-state index is -1.55. The first-order valence-corrected chi connectivity index (χ1v) is 19.6. The highest BCUT2D eigenvalue weighted by Gasteiger charge is 2.41. The van der Waals surface area contributed by atoms with Gasteiger partial charge in [0.05, 0.1) is 12.2 Å². The van der Waals surface area contributed by atoms with Crippen LogP contribution in [0.4, 0.5) is 26.3 Å². The minimum Gasteiger partial charge on any atom is -0.365 e. The van der Waals surface area contributed by atoms with Crippen LogP contribution in [-0.2, 0) is 4.74 Å². The van der Waals surface area contributed by atoms with E-state index >= 15 is 8.78 Å². The lowest BCUT2D eigenvalue weighted by Gasteiger charge is -2.43. The van der Waals surface area contributed by atoms with Crippen molar-refractivity contribution in [3.63, 3.8) is 0 Å². The van der Waals surface area contributed by atoms with Gasteiger partial charge in [0.25, 0.3) is 0 Å². The maximum Gasteiger partial charge on any atom is 0.194 e. The van der Waals surface area contributed by atoms with E-state index in [4.69, 9.17) is 4.74 Å². The predicted octanol–water partition coefficient (Wildman–Crippen LogP) is 13.4. The molecule has 2 aromatic rings. The van der Waals surface area contributed by atoms with Gasteiger partial charge in [-0.1, -0.05) is 64.5 Å². The normalized spacial score (nSPS) is 32.5. The first-order chi connectivity index (χ1) is 23.7. The zero-order valence-corrected chi connectivity index (χ0v) is 29.5. The summed E-state index contributed by atoms with van der Waals surface area (Å²) in [5.74, 6) is -4.58. The molecule has 272 valence electrons. The van der Waals surface area contributed by atoms with Crippen LogP contribution in [0.1, 0.15) is 153 Å². The first-order valence-electron chi connectivity index (χ1n) is 19.6. The Morgan fingerprint density at radius 3 is 1.06 bits per heavy atom. The third-order valence-electron chi connectivity index (χ3n) is 13.8. The van der Waals surface area contributed by atoms with Crippen LogP contribution in [0.25, 0.3) is 0 Å². The second kappa shape index (κ2) is 16.5. The fourth-order valence-electron chi connectivity index (χ4n) is 10.5. The van der Waals surface area contributed by atoms with Crippen LogP contribution in [0.2, 0.25) is 0 Å². The molecule has 4 aliphatic carbocycles. The molecule has 0 bridgehead atoms. The molecule has 2 unspecified atom stereocenters. The van der Waals surface area contributed by atoms with Gasteiger partial charge >= 0.3 is 0 Å². The molecule has 0 heterocycles. The highest BCUT2D eigenvalue weighted by Crippen LogP contribution is 2.51. The van der Waals surface area contributed by atoms with Gasteiger partial charge in [0, 0.05) is 11.1 Å². The Kier molecular flexibility index (Phi) is 12.4. The van der Waals surface area contributed by atoms with Crippen molar-refractivity contribution in [3.05, 3.63) is 70.3 Å². The minimum absolute atomic E-state index is 0.0832. The Bertz CT molecular complexity index is 1260. The summed E-state index contributed by atoms with van der Waals surface area (Å²) in [4.78, 5) is 0. The Morgan fingerprint density at radius 1 is 0.449 bits per heavy atom. The summed E-state index contributed by atoms with van der Waals surface area (Å²) >= 11 is 0. The van der Waals surface area contributed by atoms with Gasteiger partial charge < -0.3 is 4.74 Å². The van der Waals surface area contributed by atoms with Crippen LogP contribution in [0.15, 0.2) is 24.3 Å². The molecule has 0 aliphatic heterocycles. The summed E-state index contributed by atoms with van der Waals surface area (Å²) in [6, 6.07) is 4.35. The lowest BCUT2D eigenvalue weighted by Crippen LogP contribution is -2.32. The summed E-state index contributed by atoms with van der Waals surface area (Å²) in [5, 5.41) is 0. The van der Waals surface area contributed by atoms with E-state index < -0.39 is 47.1 Å². The molecule has 0 radical (unpaired) electrons. The number of hydrogen-bond acceptors (Lipinski definition) is 1. The Labute approximate surface area is 290 Å². The fourth-order valence-corrected chi connectivity index (χ4v) is 10.5. The molecule has 7 heteroatoms. The van der Waals surface area contributed by atoms with E-state index in [1.54, 1.807) is 0 Å². The summed E-state index contributed by atoms with van der Waals surface area (Å²) in [6.45, 7) is 4.52. The van der Waals surface area contributed by atoms with Crippen LogP contribution in [0, 0.1) is 82.2 Å². The molecule has 1 nitrogen and oxygen atoms in total. The standard InChI is InChI=1S/C42H56F6O/c1-3-25-5-9-27(10-6-25)29-13-17-31(18-14-29)41(33-21-23-35(43)39(47)37(33)45)49-42(34-22-24-36(44)40(48)38(34)46)32-19-15-30(16-20-32)28-11-7-26(4-2)8-12-28/h21-32,41-42H,3-20H2,1-2H3/t25-,26-,27-,28-,29-,30-,31-,32-,41?,42?. The van der Waals surface area contributed by atoms with E-state index in [1.807, 2.05) is 0 Å². The SMILES string of the molecule is CC[C@H]1CC[C@H]([C@H]2CC[C@H](C(OC(c3ccc(F)c(F)c3F)[C@H]3CC[C@H]([C@H]4CC[C@H](CC)CC4)CC3)c3ccc(F)c(F)c3F)CC2)CC1. The molecule has 2 atom stereocenters. The van der Waals surface area contributed by atoms with Crippen molar-refractivity contribution in [2.75, 3.05) is 0 Å². The van der Waals surface area contributed by atoms with E-state index in [1.165, 1.54) is 76.3 Å². The number of hydrogen-bond donors (Lipinski definition) is 0. The van der Waals surface area contributed by atoms with Crippen LogP contribution in [0.3, 0.4) is 0 Å². The molecule has 4 saturated carbocycles. The molecule has 4 aliphatic rings. The molecule has 0 amide bonds. The van der Waals surface area contributed by atoms with Crippen molar-refractivity contribution in [3.8, 4) is 0 Å². The number of rotatable bonds is 10. The first kappa shape index (κ1) is 36.8. The lowest BCUT2D eigenvalue weighted by molar-refractivity contribution is -0.0963. The topological polar surface area (TPSA) is 9.23 Å². The van der Waals surface area contributed by atoms with Gasteiger partial charge in [-0.2, -0.15) is 0 Å². The fraction of sp³-hybridized carbons (Fsp3) is 0.714. The van der Waals surface area contributed by atoms with Gasteiger partial charge in [-0.15, -0.1) is 0 Å². The van der Waals surface area contributed by atoms with Gasteiger partial charge in [-0.05, 0) is 137 Å². The third kappa shape index (κ3) is 8.23. The number of ether oxygens (including phenoxy) is 1. The summed E-state index contributed by atoms with van der Waals surface area (Å²) in [7, 11) is 0. The van der Waals surface area contributed by atoms with E-state index in [2.05, 4.69) is 13.8 Å². The van der Waals surface area contributed by atoms with Crippen LogP contribution in [0.5, 0.6) is 0 Å². The van der Waals surface area contributed by atoms with Crippen LogP contribution >= 0.6 is 0 Å². The molecule has 0 N–H and O–H groups in total. The highest BCUT2D eigenvalue weighted by atomic mass is 19.2. The van der Waals surface area contributed by atoms with E-state index in [0.29, 0.717) is 23.7 Å². The number of halogens is 6. The molecule has 0 saturated heterocycles. The third-order valence-corrected chi connectivity index (χ3v) is 13.8. The Balaban J connectivity index is 1.25. The van der Waals surface area contributed by atoms with Crippen LogP contribution in [-0.4, -0.2) is 0 Å². The maximum atomic E-state index is 15.6. The monoisotopic (exact) mass is 690 g/mol. The average Bonchev–Trinajstić information content (AvgIpc) is 3.14. The Hall–Kier alpha value is -2.02. The average molecular weight is 691 g/mol. The van der Waals surface area contributed by atoms with E-state index in [0.717, 1.165) is 75.3 Å². The van der Waals surface area contributed by atoms with Gasteiger partial charge in [-0.25, -0.2) is 26.3 Å². The molecule has 49 heavy (non-hydrogen) atoms. The summed E-state index contributed by atoms with van der Waals surface area (Å²) in [5.41, 5.74) is -0.166.